The predicted octanol–water partition coefficient (Wildman–Crippen LogP) is 4.16. The number of aromatic nitrogens is 2. The first kappa shape index (κ1) is 13.9. The Morgan fingerprint density at radius 2 is 1.84 bits per heavy atom. The minimum absolute atomic E-state index is 0.0836. The number of hydrogen-bond acceptors (Lipinski definition) is 2. The van der Waals surface area contributed by atoms with Gasteiger partial charge < -0.3 is 10.3 Å². The summed E-state index contributed by atoms with van der Waals surface area (Å²) in [6.07, 6.45) is 0. The standard InChI is InChI=1S/C15H20ClN3/c1-9-8-11(16)6-7-12(9)13-14(17)19(10(2)18-13)15(3,4)5/h6-8H,17H2,1-5H3. The lowest BCUT2D eigenvalue weighted by Gasteiger charge is -2.24. The van der Waals surface area contributed by atoms with E-state index in [1.54, 1.807) is 0 Å². The van der Waals surface area contributed by atoms with Crippen LogP contribution in [0.2, 0.25) is 5.02 Å². The van der Waals surface area contributed by atoms with E-state index >= 15 is 0 Å². The summed E-state index contributed by atoms with van der Waals surface area (Å²) in [7, 11) is 0. The van der Waals surface area contributed by atoms with E-state index in [1.807, 2.05) is 32.0 Å². The molecule has 1 aromatic carbocycles. The maximum Gasteiger partial charge on any atom is 0.132 e. The van der Waals surface area contributed by atoms with Gasteiger partial charge in [0.25, 0.3) is 0 Å². The highest BCUT2D eigenvalue weighted by Gasteiger charge is 2.23. The molecule has 0 radical (unpaired) electrons. The van der Waals surface area contributed by atoms with Crippen LogP contribution >= 0.6 is 11.6 Å². The second kappa shape index (κ2) is 4.57. The highest BCUT2D eigenvalue weighted by atomic mass is 35.5. The quantitative estimate of drug-likeness (QED) is 0.851. The molecule has 0 saturated heterocycles. The van der Waals surface area contributed by atoms with Crippen LogP contribution in [0.15, 0.2) is 18.2 Å². The van der Waals surface area contributed by atoms with Gasteiger partial charge in [-0.25, -0.2) is 4.98 Å². The number of rotatable bonds is 1. The van der Waals surface area contributed by atoms with Crippen LogP contribution < -0.4 is 5.73 Å². The van der Waals surface area contributed by atoms with Gasteiger partial charge >= 0.3 is 0 Å². The first-order chi connectivity index (χ1) is 8.71. The van der Waals surface area contributed by atoms with Crippen molar-refractivity contribution in [3.05, 3.63) is 34.6 Å². The number of imidazole rings is 1. The lowest BCUT2D eigenvalue weighted by molar-refractivity contribution is 0.393. The van der Waals surface area contributed by atoms with Gasteiger partial charge in [0.05, 0.1) is 0 Å². The fourth-order valence-electron chi connectivity index (χ4n) is 2.49. The number of nitrogens with two attached hydrogens (primary N) is 1. The Balaban J connectivity index is 2.65. The highest BCUT2D eigenvalue weighted by molar-refractivity contribution is 6.30. The van der Waals surface area contributed by atoms with Gasteiger partial charge in [0, 0.05) is 16.1 Å². The summed E-state index contributed by atoms with van der Waals surface area (Å²) in [5, 5.41) is 0.729. The van der Waals surface area contributed by atoms with Gasteiger partial charge in [-0.2, -0.15) is 0 Å². The van der Waals surface area contributed by atoms with E-state index in [0.29, 0.717) is 5.82 Å². The molecule has 0 amide bonds. The Bertz CT molecular complexity index is 621. The molecule has 0 fully saturated rings. The molecule has 0 spiro atoms. The molecule has 2 aromatic rings. The van der Waals surface area contributed by atoms with Crippen molar-refractivity contribution in [3.63, 3.8) is 0 Å². The monoisotopic (exact) mass is 277 g/mol. The van der Waals surface area contributed by atoms with Crippen LogP contribution in [0, 0.1) is 13.8 Å². The average Bonchev–Trinajstić information content (AvgIpc) is 2.53. The molecular weight excluding hydrogens is 258 g/mol. The van der Waals surface area contributed by atoms with Crippen LogP contribution in [0.5, 0.6) is 0 Å². The van der Waals surface area contributed by atoms with Crippen molar-refractivity contribution >= 4 is 17.4 Å². The Labute approximate surface area is 119 Å². The summed E-state index contributed by atoms with van der Waals surface area (Å²) in [5.41, 5.74) is 9.16. The number of anilines is 1. The topological polar surface area (TPSA) is 43.8 Å². The Hall–Kier alpha value is -1.48. The van der Waals surface area contributed by atoms with Crippen molar-refractivity contribution in [2.24, 2.45) is 0 Å². The van der Waals surface area contributed by atoms with Crippen molar-refractivity contribution < 1.29 is 0 Å². The Morgan fingerprint density at radius 3 is 2.32 bits per heavy atom. The van der Waals surface area contributed by atoms with Crippen molar-refractivity contribution in [2.45, 2.75) is 40.2 Å². The summed E-state index contributed by atoms with van der Waals surface area (Å²) in [4.78, 5) is 4.63. The number of nitrogens with zero attached hydrogens (tertiary/aromatic N) is 2. The largest absolute Gasteiger partial charge is 0.383 e. The van der Waals surface area contributed by atoms with Crippen molar-refractivity contribution in [2.75, 3.05) is 5.73 Å². The third-order valence-corrected chi connectivity index (χ3v) is 3.43. The molecule has 1 aromatic heterocycles. The smallest absolute Gasteiger partial charge is 0.132 e. The summed E-state index contributed by atoms with van der Waals surface area (Å²) in [6.45, 7) is 10.4. The van der Waals surface area contributed by atoms with Crippen molar-refractivity contribution in [1.82, 2.24) is 9.55 Å². The number of aryl methyl sites for hydroxylation is 2. The molecule has 2 N–H and O–H groups in total. The molecule has 3 nitrogen and oxygen atoms in total. The van der Waals surface area contributed by atoms with Crippen molar-refractivity contribution in [3.8, 4) is 11.3 Å². The van der Waals surface area contributed by atoms with E-state index in [0.717, 1.165) is 27.7 Å². The van der Waals surface area contributed by atoms with E-state index in [-0.39, 0.29) is 5.54 Å². The molecule has 0 aliphatic rings. The molecule has 0 atom stereocenters. The van der Waals surface area contributed by atoms with E-state index in [4.69, 9.17) is 17.3 Å². The number of halogens is 1. The molecule has 19 heavy (non-hydrogen) atoms. The first-order valence-corrected chi connectivity index (χ1v) is 6.71. The fraction of sp³-hybridized carbons (Fsp3) is 0.400. The van der Waals surface area contributed by atoms with Gasteiger partial charge in [-0.3, -0.25) is 0 Å². The van der Waals surface area contributed by atoms with Gasteiger partial charge in [0.1, 0.15) is 17.3 Å². The molecule has 0 aliphatic carbocycles. The van der Waals surface area contributed by atoms with Crippen LogP contribution in [-0.4, -0.2) is 9.55 Å². The number of benzene rings is 1. The lowest BCUT2D eigenvalue weighted by atomic mass is 10.1. The molecule has 0 saturated carbocycles. The summed E-state index contributed by atoms with van der Waals surface area (Å²) in [5.74, 6) is 1.63. The first-order valence-electron chi connectivity index (χ1n) is 6.33. The molecule has 4 heteroatoms. The molecule has 0 bridgehead atoms. The molecule has 2 rings (SSSR count). The predicted molar refractivity (Wildman–Crippen MR) is 81.6 cm³/mol. The van der Waals surface area contributed by atoms with Gasteiger partial charge in [-0.1, -0.05) is 17.7 Å². The summed E-state index contributed by atoms with van der Waals surface area (Å²) < 4.78 is 2.07. The number of hydrogen-bond donors (Lipinski definition) is 1. The van der Waals surface area contributed by atoms with E-state index in [1.165, 1.54) is 0 Å². The van der Waals surface area contributed by atoms with E-state index in [2.05, 4.69) is 30.3 Å². The average molecular weight is 278 g/mol. The molecule has 0 unspecified atom stereocenters. The minimum Gasteiger partial charge on any atom is -0.383 e. The lowest BCUT2D eigenvalue weighted by Crippen LogP contribution is -2.24. The molecular formula is C15H20ClN3. The molecule has 1 heterocycles. The molecule has 102 valence electrons. The summed E-state index contributed by atoms with van der Waals surface area (Å²) >= 11 is 6.00. The van der Waals surface area contributed by atoms with Crippen LogP contribution in [0.3, 0.4) is 0 Å². The second-order valence-corrected chi connectivity index (χ2v) is 6.29. The van der Waals surface area contributed by atoms with E-state index in [9.17, 15) is 0 Å². The van der Waals surface area contributed by atoms with Crippen molar-refractivity contribution in [1.29, 1.82) is 0 Å². The van der Waals surface area contributed by atoms with Crippen LogP contribution in [0.1, 0.15) is 32.2 Å². The third kappa shape index (κ3) is 2.47. The zero-order chi connectivity index (χ0) is 14.4. The zero-order valence-electron chi connectivity index (χ0n) is 12.1. The third-order valence-electron chi connectivity index (χ3n) is 3.20. The Kier molecular flexibility index (Phi) is 3.35. The maximum atomic E-state index is 6.30. The van der Waals surface area contributed by atoms with E-state index < -0.39 is 0 Å². The van der Waals surface area contributed by atoms with Crippen LogP contribution in [-0.2, 0) is 5.54 Å². The van der Waals surface area contributed by atoms with Crippen LogP contribution in [0.25, 0.3) is 11.3 Å². The van der Waals surface area contributed by atoms with Gasteiger partial charge in [-0.15, -0.1) is 0 Å². The van der Waals surface area contributed by atoms with Gasteiger partial charge in [0.2, 0.25) is 0 Å². The van der Waals surface area contributed by atoms with Gasteiger partial charge in [0.15, 0.2) is 0 Å². The fourth-order valence-corrected chi connectivity index (χ4v) is 2.71. The highest BCUT2D eigenvalue weighted by Crippen LogP contribution is 2.33. The SMILES string of the molecule is Cc1cc(Cl)ccc1-c1nc(C)n(C(C)(C)C)c1N. The molecule has 0 aliphatic heterocycles. The maximum absolute atomic E-state index is 6.30. The minimum atomic E-state index is -0.0836. The van der Waals surface area contributed by atoms with Crippen LogP contribution in [0.4, 0.5) is 5.82 Å². The Morgan fingerprint density at radius 1 is 1.21 bits per heavy atom. The second-order valence-electron chi connectivity index (χ2n) is 5.86. The van der Waals surface area contributed by atoms with Gasteiger partial charge in [-0.05, 0) is 52.3 Å². The zero-order valence-corrected chi connectivity index (χ0v) is 12.8. The summed E-state index contributed by atoms with van der Waals surface area (Å²) in [6, 6.07) is 5.78. The number of nitrogen functional groups attached to an aromatic ring is 1. The normalized spacial score (nSPS) is 11.9.